The largest absolute Gasteiger partial charge is 0.467 e. The van der Waals surface area contributed by atoms with E-state index in [1.165, 1.54) is 7.11 Å². The monoisotopic (exact) mass is 300 g/mol. The van der Waals surface area contributed by atoms with Gasteiger partial charge in [-0.15, -0.1) is 0 Å². The number of nitrogen functional groups attached to an aromatic ring is 1. The molecule has 1 unspecified atom stereocenters. The molecule has 3 N–H and O–H groups in total. The number of nitrogens with one attached hydrogen (secondary N) is 1. The third-order valence-electron chi connectivity index (χ3n) is 2.45. The molecule has 0 heterocycles. The molecular formula is C12H17BrN2O2. The van der Waals surface area contributed by atoms with Crippen LogP contribution < -0.4 is 11.1 Å². The number of carbonyl (C=O) groups excluding carboxylic acids is 1. The summed E-state index contributed by atoms with van der Waals surface area (Å²) in [6, 6.07) is 5.09. The molecule has 0 saturated heterocycles. The lowest BCUT2D eigenvalue weighted by Gasteiger charge is -2.21. The molecular weight excluding hydrogens is 284 g/mol. The molecule has 0 fully saturated rings. The van der Waals surface area contributed by atoms with Crippen LogP contribution in [0.3, 0.4) is 0 Å². The second-order valence-corrected chi connectivity index (χ2v) is 5.04. The van der Waals surface area contributed by atoms with E-state index in [4.69, 9.17) is 10.5 Å². The first kappa shape index (κ1) is 13.8. The van der Waals surface area contributed by atoms with E-state index >= 15 is 0 Å². The van der Waals surface area contributed by atoms with Gasteiger partial charge in [0.25, 0.3) is 0 Å². The van der Waals surface area contributed by atoms with Gasteiger partial charge in [-0.25, -0.2) is 4.79 Å². The fourth-order valence-electron chi connectivity index (χ4n) is 1.46. The van der Waals surface area contributed by atoms with Crippen molar-refractivity contribution in [2.75, 3.05) is 18.2 Å². The average Bonchev–Trinajstić information content (AvgIpc) is 2.26. The molecule has 94 valence electrons. The van der Waals surface area contributed by atoms with Crippen molar-refractivity contribution in [3.8, 4) is 0 Å². The van der Waals surface area contributed by atoms with Crippen molar-refractivity contribution in [3.63, 3.8) is 0 Å². The lowest BCUT2D eigenvalue weighted by molar-refractivity contribution is -0.142. The van der Waals surface area contributed by atoms with Crippen LogP contribution in [0, 0.1) is 5.92 Å². The zero-order chi connectivity index (χ0) is 13.0. The molecule has 17 heavy (non-hydrogen) atoms. The fraction of sp³-hybridized carbons (Fsp3) is 0.417. The summed E-state index contributed by atoms with van der Waals surface area (Å²) in [7, 11) is 1.38. The van der Waals surface area contributed by atoms with Crippen LogP contribution >= 0.6 is 15.9 Å². The molecule has 1 aromatic rings. The molecule has 0 bridgehead atoms. The first-order chi connectivity index (χ1) is 7.95. The van der Waals surface area contributed by atoms with Crippen LogP contribution in [0.4, 0.5) is 11.4 Å². The summed E-state index contributed by atoms with van der Waals surface area (Å²) in [5.41, 5.74) is 7.19. The Morgan fingerprint density at radius 3 is 2.59 bits per heavy atom. The molecule has 0 amide bonds. The van der Waals surface area contributed by atoms with Crippen molar-refractivity contribution in [2.45, 2.75) is 19.9 Å². The number of hydrogen-bond acceptors (Lipinski definition) is 4. The molecule has 0 saturated carbocycles. The summed E-state index contributed by atoms with van der Waals surface area (Å²) in [5, 5.41) is 3.10. The zero-order valence-electron chi connectivity index (χ0n) is 10.2. The van der Waals surface area contributed by atoms with Gasteiger partial charge >= 0.3 is 5.97 Å². The maximum atomic E-state index is 11.6. The molecule has 0 aliphatic heterocycles. The normalized spacial score (nSPS) is 12.3. The van der Waals surface area contributed by atoms with E-state index in [1.54, 1.807) is 6.07 Å². The Kier molecular flexibility index (Phi) is 4.81. The number of halogens is 1. The number of ether oxygens (including phenoxy) is 1. The Balaban J connectivity index is 2.90. The quantitative estimate of drug-likeness (QED) is 0.663. The molecule has 1 aromatic carbocycles. The number of benzene rings is 1. The summed E-state index contributed by atoms with van der Waals surface area (Å²) in [5.74, 6) is -0.173. The Hall–Kier alpha value is -1.23. The minimum absolute atomic E-state index is 0.116. The Morgan fingerprint density at radius 1 is 1.47 bits per heavy atom. The minimum Gasteiger partial charge on any atom is -0.467 e. The number of rotatable bonds is 4. The van der Waals surface area contributed by atoms with Gasteiger partial charge in [-0.2, -0.15) is 0 Å². The predicted molar refractivity (Wildman–Crippen MR) is 72.8 cm³/mol. The molecule has 5 heteroatoms. The highest BCUT2D eigenvalue weighted by atomic mass is 79.9. The smallest absolute Gasteiger partial charge is 0.328 e. The molecule has 0 spiro atoms. The van der Waals surface area contributed by atoms with Crippen molar-refractivity contribution < 1.29 is 9.53 Å². The molecule has 4 nitrogen and oxygen atoms in total. The molecule has 0 aliphatic carbocycles. The van der Waals surface area contributed by atoms with Gasteiger partial charge < -0.3 is 15.8 Å². The molecule has 1 rings (SSSR count). The topological polar surface area (TPSA) is 64.3 Å². The lowest BCUT2D eigenvalue weighted by atomic mass is 10.0. The maximum Gasteiger partial charge on any atom is 0.328 e. The average molecular weight is 301 g/mol. The summed E-state index contributed by atoms with van der Waals surface area (Å²) < 4.78 is 5.66. The van der Waals surface area contributed by atoms with Gasteiger partial charge in [-0.3, -0.25) is 0 Å². The van der Waals surface area contributed by atoms with Crippen LogP contribution in [0.5, 0.6) is 0 Å². The highest BCUT2D eigenvalue weighted by molar-refractivity contribution is 9.10. The number of nitrogens with two attached hydrogens (primary N) is 1. The molecule has 1 atom stereocenters. The van der Waals surface area contributed by atoms with Gasteiger partial charge in [-0.1, -0.05) is 29.8 Å². The molecule has 0 radical (unpaired) electrons. The molecule has 0 aliphatic rings. The zero-order valence-corrected chi connectivity index (χ0v) is 11.7. The van der Waals surface area contributed by atoms with Crippen molar-refractivity contribution in [2.24, 2.45) is 5.92 Å². The van der Waals surface area contributed by atoms with E-state index in [-0.39, 0.29) is 11.9 Å². The van der Waals surface area contributed by atoms with Crippen LogP contribution in [-0.2, 0) is 9.53 Å². The highest BCUT2D eigenvalue weighted by Gasteiger charge is 2.23. The third kappa shape index (κ3) is 3.63. The number of esters is 1. The molecule has 0 aromatic heterocycles. The van der Waals surface area contributed by atoms with Gasteiger partial charge in [-0.05, 0) is 24.1 Å². The van der Waals surface area contributed by atoms with Crippen LogP contribution in [0.1, 0.15) is 13.8 Å². The summed E-state index contributed by atoms with van der Waals surface area (Å²) in [6.07, 6.45) is 0. The standard InChI is InChI=1S/C12H17BrN2O2/c1-7(2)11(12(16)17-3)15-10-5-4-8(13)6-9(10)14/h4-7,11,15H,14H2,1-3H3. The Bertz CT molecular complexity index is 407. The second kappa shape index (κ2) is 5.91. The Labute approximate surface area is 110 Å². The van der Waals surface area contributed by atoms with Crippen LogP contribution in [0.25, 0.3) is 0 Å². The van der Waals surface area contributed by atoms with Crippen LogP contribution in [-0.4, -0.2) is 19.1 Å². The van der Waals surface area contributed by atoms with E-state index in [2.05, 4.69) is 21.2 Å². The van der Waals surface area contributed by atoms with Gasteiger partial charge in [0.05, 0.1) is 18.5 Å². The van der Waals surface area contributed by atoms with Crippen molar-refractivity contribution in [3.05, 3.63) is 22.7 Å². The van der Waals surface area contributed by atoms with Gasteiger partial charge in [0.15, 0.2) is 0 Å². The number of carbonyl (C=O) groups is 1. The minimum atomic E-state index is -0.400. The van der Waals surface area contributed by atoms with Crippen molar-refractivity contribution in [1.29, 1.82) is 0 Å². The van der Waals surface area contributed by atoms with Gasteiger partial charge in [0, 0.05) is 4.47 Å². The first-order valence-electron chi connectivity index (χ1n) is 5.35. The number of methoxy groups -OCH3 is 1. The van der Waals surface area contributed by atoms with Gasteiger partial charge in [0.1, 0.15) is 6.04 Å². The predicted octanol–water partition coefficient (Wildman–Crippen LogP) is 2.64. The number of hydrogen-bond donors (Lipinski definition) is 2. The number of anilines is 2. The maximum absolute atomic E-state index is 11.6. The summed E-state index contributed by atoms with van der Waals surface area (Å²) in [6.45, 7) is 3.90. The first-order valence-corrected chi connectivity index (χ1v) is 6.14. The van der Waals surface area contributed by atoms with Crippen LogP contribution in [0.15, 0.2) is 22.7 Å². The third-order valence-corrected chi connectivity index (χ3v) is 2.94. The van der Waals surface area contributed by atoms with E-state index < -0.39 is 6.04 Å². The lowest BCUT2D eigenvalue weighted by Crippen LogP contribution is -2.35. The fourth-order valence-corrected chi connectivity index (χ4v) is 1.84. The van der Waals surface area contributed by atoms with Crippen molar-refractivity contribution in [1.82, 2.24) is 0 Å². The van der Waals surface area contributed by atoms with E-state index in [1.807, 2.05) is 26.0 Å². The van der Waals surface area contributed by atoms with Crippen molar-refractivity contribution >= 4 is 33.3 Å². The Morgan fingerprint density at radius 2 is 2.12 bits per heavy atom. The summed E-state index contributed by atoms with van der Waals surface area (Å²) >= 11 is 3.33. The van der Waals surface area contributed by atoms with E-state index in [0.717, 1.165) is 10.2 Å². The SMILES string of the molecule is COC(=O)C(Nc1ccc(Br)cc1N)C(C)C. The van der Waals surface area contributed by atoms with E-state index in [0.29, 0.717) is 5.69 Å². The summed E-state index contributed by atoms with van der Waals surface area (Å²) in [4.78, 5) is 11.6. The van der Waals surface area contributed by atoms with Crippen LogP contribution in [0.2, 0.25) is 0 Å². The highest BCUT2D eigenvalue weighted by Crippen LogP contribution is 2.24. The second-order valence-electron chi connectivity index (χ2n) is 4.12. The van der Waals surface area contributed by atoms with Gasteiger partial charge in [0.2, 0.25) is 0 Å². The van der Waals surface area contributed by atoms with E-state index in [9.17, 15) is 4.79 Å².